The Labute approximate surface area is 182 Å². The number of carboxylic acids is 1. The van der Waals surface area contributed by atoms with E-state index in [1.54, 1.807) is 6.07 Å². The Kier molecular flexibility index (Phi) is 5.98. The molecule has 1 amide bonds. The van der Waals surface area contributed by atoms with Gasteiger partial charge in [-0.3, -0.25) is 14.6 Å². The molecule has 3 N–H and O–H groups in total. The summed E-state index contributed by atoms with van der Waals surface area (Å²) in [5, 5.41) is 22.2. The molecule has 0 unspecified atom stereocenters. The molecule has 1 aromatic heterocycles. The minimum atomic E-state index is -1.24. The van der Waals surface area contributed by atoms with Crippen molar-refractivity contribution in [3.63, 3.8) is 0 Å². The van der Waals surface area contributed by atoms with Gasteiger partial charge in [0.1, 0.15) is 23.4 Å². The highest BCUT2D eigenvalue weighted by atomic mass is 19.2. The van der Waals surface area contributed by atoms with Crippen molar-refractivity contribution in [2.24, 2.45) is 0 Å². The minimum Gasteiger partial charge on any atom is -0.507 e. The number of benzene rings is 2. The van der Waals surface area contributed by atoms with Crippen molar-refractivity contribution in [2.45, 2.75) is 38.0 Å². The number of aromatic nitrogens is 2. The van der Waals surface area contributed by atoms with Crippen molar-refractivity contribution in [1.29, 1.82) is 0 Å². The maximum Gasteiger partial charge on any atom is 0.322 e. The van der Waals surface area contributed by atoms with Gasteiger partial charge in [-0.25, -0.2) is 13.8 Å². The van der Waals surface area contributed by atoms with E-state index in [1.165, 1.54) is 12.3 Å². The maximum atomic E-state index is 13.7. The lowest BCUT2D eigenvalue weighted by atomic mass is 9.82. The molecule has 1 saturated carbocycles. The van der Waals surface area contributed by atoms with Gasteiger partial charge < -0.3 is 15.5 Å². The Balaban J connectivity index is 1.87. The largest absolute Gasteiger partial charge is 0.507 e. The predicted molar refractivity (Wildman–Crippen MR) is 112 cm³/mol. The van der Waals surface area contributed by atoms with E-state index in [2.05, 4.69) is 15.3 Å². The first-order valence-electron chi connectivity index (χ1n) is 10.3. The molecular formula is C23H21F2N3O4. The molecule has 32 heavy (non-hydrogen) atoms. The number of phenolic OH excluding ortho intramolecular Hbond substituents is 1. The van der Waals surface area contributed by atoms with Gasteiger partial charge >= 0.3 is 5.97 Å². The summed E-state index contributed by atoms with van der Waals surface area (Å²) in [5.74, 6) is -4.32. The SMILES string of the molecule is O=C(O)CNC(=O)c1c(O)c(C2CCCCC2)cc2ncc(-c3ccc(F)c(F)c3)nc12. The molecule has 1 fully saturated rings. The van der Waals surface area contributed by atoms with E-state index < -0.39 is 30.1 Å². The van der Waals surface area contributed by atoms with Gasteiger partial charge in [0.25, 0.3) is 5.91 Å². The van der Waals surface area contributed by atoms with E-state index >= 15 is 0 Å². The Morgan fingerprint density at radius 2 is 1.84 bits per heavy atom. The summed E-state index contributed by atoms with van der Waals surface area (Å²) in [6, 6.07) is 4.94. The fourth-order valence-corrected chi connectivity index (χ4v) is 4.14. The number of phenols is 1. The van der Waals surface area contributed by atoms with E-state index in [9.17, 15) is 23.5 Å². The number of carbonyl (C=O) groups excluding carboxylic acids is 1. The molecule has 0 saturated heterocycles. The highest BCUT2D eigenvalue weighted by Crippen LogP contribution is 2.41. The van der Waals surface area contributed by atoms with Crippen LogP contribution in [0.25, 0.3) is 22.3 Å². The van der Waals surface area contributed by atoms with E-state index in [-0.39, 0.29) is 34.0 Å². The van der Waals surface area contributed by atoms with Crippen LogP contribution in [0.1, 0.15) is 53.9 Å². The average molecular weight is 441 g/mol. The summed E-state index contributed by atoms with van der Waals surface area (Å²) in [5.41, 5.74) is 1.20. The zero-order valence-corrected chi connectivity index (χ0v) is 17.1. The summed E-state index contributed by atoms with van der Waals surface area (Å²) in [6.07, 6.45) is 6.21. The molecule has 0 aliphatic heterocycles. The molecule has 7 nitrogen and oxygen atoms in total. The molecule has 1 aliphatic carbocycles. The molecule has 0 bridgehead atoms. The first-order valence-corrected chi connectivity index (χ1v) is 10.3. The molecule has 2 aromatic carbocycles. The van der Waals surface area contributed by atoms with Crippen LogP contribution >= 0.6 is 0 Å². The Hall–Kier alpha value is -3.62. The summed E-state index contributed by atoms with van der Waals surface area (Å²) < 4.78 is 27.0. The zero-order valence-electron chi connectivity index (χ0n) is 17.1. The van der Waals surface area contributed by atoms with Crippen LogP contribution in [0.15, 0.2) is 30.5 Å². The number of aliphatic carboxylic acids is 1. The molecule has 166 valence electrons. The summed E-state index contributed by atoms with van der Waals surface area (Å²) in [4.78, 5) is 32.5. The lowest BCUT2D eigenvalue weighted by molar-refractivity contribution is -0.135. The van der Waals surface area contributed by atoms with Crippen molar-refractivity contribution in [1.82, 2.24) is 15.3 Å². The molecule has 0 spiro atoms. The van der Waals surface area contributed by atoms with Gasteiger partial charge in [-0.2, -0.15) is 0 Å². The monoisotopic (exact) mass is 441 g/mol. The smallest absolute Gasteiger partial charge is 0.322 e. The lowest BCUT2D eigenvalue weighted by Gasteiger charge is -2.24. The maximum absolute atomic E-state index is 13.7. The second kappa shape index (κ2) is 8.86. The minimum absolute atomic E-state index is 0.0480. The van der Waals surface area contributed by atoms with Crippen molar-refractivity contribution >= 4 is 22.9 Å². The predicted octanol–water partition coefficient (Wildman–Crippen LogP) is 4.14. The third-order valence-electron chi connectivity index (χ3n) is 5.73. The van der Waals surface area contributed by atoms with Gasteiger partial charge in [0.15, 0.2) is 11.6 Å². The number of fused-ring (bicyclic) bond motifs is 1. The van der Waals surface area contributed by atoms with Gasteiger partial charge in [0.05, 0.1) is 17.4 Å². The summed E-state index contributed by atoms with van der Waals surface area (Å²) in [6.45, 7) is -0.635. The highest BCUT2D eigenvalue weighted by molar-refractivity contribution is 6.08. The van der Waals surface area contributed by atoms with Crippen LogP contribution in [-0.4, -0.2) is 38.6 Å². The fourth-order valence-electron chi connectivity index (χ4n) is 4.14. The normalized spacial score (nSPS) is 14.4. The Morgan fingerprint density at radius 1 is 1.09 bits per heavy atom. The Bertz CT molecular complexity index is 1210. The van der Waals surface area contributed by atoms with Gasteiger partial charge in [-0.1, -0.05) is 19.3 Å². The third kappa shape index (κ3) is 4.23. The van der Waals surface area contributed by atoms with Gasteiger partial charge in [-0.15, -0.1) is 0 Å². The first-order chi connectivity index (χ1) is 15.3. The second-order valence-electron chi connectivity index (χ2n) is 7.85. The molecule has 3 aromatic rings. The second-order valence-corrected chi connectivity index (χ2v) is 7.85. The van der Waals surface area contributed by atoms with Gasteiger partial charge in [-0.05, 0) is 43.0 Å². The van der Waals surface area contributed by atoms with E-state index in [4.69, 9.17) is 5.11 Å². The van der Waals surface area contributed by atoms with E-state index in [0.29, 0.717) is 11.1 Å². The highest BCUT2D eigenvalue weighted by Gasteiger charge is 2.26. The molecule has 1 aliphatic rings. The number of aromatic hydroxyl groups is 1. The number of hydrogen-bond donors (Lipinski definition) is 3. The molecule has 1 heterocycles. The number of carbonyl (C=O) groups is 2. The van der Waals surface area contributed by atoms with Crippen LogP contribution in [0.3, 0.4) is 0 Å². The molecule has 0 atom stereocenters. The topological polar surface area (TPSA) is 112 Å². The summed E-state index contributed by atoms with van der Waals surface area (Å²) >= 11 is 0. The van der Waals surface area contributed by atoms with Crippen molar-refractivity contribution in [3.8, 4) is 17.0 Å². The Morgan fingerprint density at radius 3 is 2.53 bits per heavy atom. The van der Waals surface area contributed by atoms with Crippen LogP contribution < -0.4 is 5.32 Å². The molecule has 9 heteroatoms. The molecule has 0 radical (unpaired) electrons. The quantitative estimate of drug-likeness (QED) is 0.549. The zero-order chi connectivity index (χ0) is 22.8. The average Bonchev–Trinajstić information content (AvgIpc) is 2.79. The third-order valence-corrected chi connectivity index (χ3v) is 5.73. The fraction of sp³-hybridized carbons (Fsp3) is 0.304. The van der Waals surface area contributed by atoms with E-state index in [0.717, 1.165) is 44.2 Å². The van der Waals surface area contributed by atoms with Gasteiger partial charge in [0, 0.05) is 11.1 Å². The molecule has 4 rings (SSSR count). The van der Waals surface area contributed by atoms with Crippen LogP contribution in [0, 0.1) is 11.6 Å². The van der Waals surface area contributed by atoms with Crippen molar-refractivity contribution in [2.75, 3.05) is 6.54 Å². The van der Waals surface area contributed by atoms with Crippen LogP contribution in [0.4, 0.5) is 8.78 Å². The number of rotatable bonds is 5. The van der Waals surface area contributed by atoms with Crippen LogP contribution in [0.5, 0.6) is 5.75 Å². The summed E-state index contributed by atoms with van der Waals surface area (Å²) in [7, 11) is 0. The number of amides is 1. The van der Waals surface area contributed by atoms with Gasteiger partial charge in [0.2, 0.25) is 0 Å². The number of carboxylic acid groups (broad SMARTS) is 1. The lowest BCUT2D eigenvalue weighted by Crippen LogP contribution is -2.29. The van der Waals surface area contributed by atoms with Crippen LogP contribution in [-0.2, 0) is 4.79 Å². The number of hydrogen-bond acceptors (Lipinski definition) is 5. The first kappa shape index (κ1) is 21.6. The van der Waals surface area contributed by atoms with E-state index in [1.807, 2.05) is 0 Å². The number of nitrogens with one attached hydrogen (secondary N) is 1. The van der Waals surface area contributed by atoms with Crippen LogP contribution in [0.2, 0.25) is 0 Å². The molecular weight excluding hydrogens is 420 g/mol. The van der Waals surface area contributed by atoms with Crippen molar-refractivity contribution in [3.05, 3.63) is 53.2 Å². The number of halogens is 2. The number of nitrogens with zero attached hydrogens (tertiary/aromatic N) is 2. The van der Waals surface area contributed by atoms with Crippen molar-refractivity contribution < 1.29 is 28.6 Å². The standard InChI is InChI=1S/C23H21F2N3O4/c24-15-7-6-13(8-16(15)25)18-10-26-17-9-14(12-4-2-1-3-5-12)22(31)20(21(17)28-18)23(32)27-11-19(29)30/h6-10,12,31H,1-5,11H2,(H,27,32)(H,29,30).